The van der Waals surface area contributed by atoms with Gasteiger partial charge in [0.1, 0.15) is 0 Å². The second-order valence-electron chi connectivity index (χ2n) is 5.19. The lowest BCUT2D eigenvalue weighted by Crippen LogP contribution is -2.30. The van der Waals surface area contributed by atoms with Crippen molar-refractivity contribution in [2.75, 3.05) is 6.54 Å². The summed E-state index contributed by atoms with van der Waals surface area (Å²) in [6, 6.07) is 9.73. The van der Waals surface area contributed by atoms with Crippen molar-refractivity contribution in [3.05, 3.63) is 35.4 Å². The number of hydrogen-bond donors (Lipinski definition) is 1. The minimum Gasteiger partial charge on any atom is -0.314 e. The van der Waals surface area contributed by atoms with Gasteiger partial charge in [-0.25, -0.2) is 0 Å². The van der Waals surface area contributed by atoms with Gasteiger partial charge in [-0.15, -0.1) is 0 Å². The molecule has 0 saturated carbocycles. The van der Waals surface area contributed by atoms with Crippen molar-refractivity contribution in [2.45, 2.75) is 57.9 Å². The van der Waals surface area contributed by atoms with Gasteiger partial charge in [0, 0.05) is 6.04 Å². The molecule has 1 aromatic carbocycles. The minimum atomic E-state index is 0.691. The number of fused-ring (bicyclic) bond motifs is 1. The van der Waals surface area contributed by atoms with Crippen LogP contribution in [0, 0.1) is 0 Å². The first-order chi connectivity index (χ1) is 8.35. The highest BCUT2D eigenvalue weighted by atomic mass is 14.9. The monoisotopic (exact) mass is 231 g/mol. The van der Waals surface area contributed by atoms with Crippen molar-refractivity contribution >= 4 is 0 Å². The van der Waals surface area contributed by atoms with Crippen molar-refractivity contribution in [2.24, 2.45) is 0 Å². The lowest BCUT2D eigenvalue weighted by atomic mass is 9.79. The molecule has 0 heterocycles. The van der Waals surface area contributed by atoms with E-state index >= 15 is 0 Å². The van der Waals surface area contributed by atoms with E-state index in [2.05, 4.69) is 43.4 Å². The van der Waals surface area contributed by atoms with Gasteiger partial charge in [-0.2, -0.15) is 0 Å². The molecule has 0 saturated heterocycles. The maximum atomic E-state index is 3.61. The van der Waals surface area contributed by atoms with Crippen molar-refractivity contribution in [1.82, 2.24) is 5.32 Å². The fourth-order valence-electron chi connectivity index (χ4n) is 3.13. The average Bonchev–Trinajstić information content (AvgIpc) is 2.38. The molecule has 1 aliphatic carbocycles. The Morgan fingerprint density at radius 3 is 2.88 bits per heavy atom. The molecule has 0 bridgehead atoms. The molecule has 1 aliphatic rings. The van der Waals surface area contributed by atoms with Crippen LogP contribution in [0.4, 0.5) is 0 Å². The third-order valence-corrected chi connectivity index (χ3v) is 4.05. The fourth-order valence-corrected chi connectivity index (χ4v) is 3.13. The number of benzene rings is 1. The van der Waals surface area contributed by atoms with E-state index in [1.165, 1.54) is 32.1 Å². The zero-order valence-corrected chi connectivity index (χ0v) is 11.2. The summed E-state index contributed by atoms with van der Waals surface area (Å²) in [6.45, 7) is 5.59. The standard InChI is InChI=1S/C16H25N/c1-3-15(17-4-2)12-14-10-7-9-13-8-5-6-11-16(13)14/h5-6,8,11,14-15,17H,3-4,7,9-10,12H2,1-2H3. The molecule has 1 nitrogen and oxygen atoms in total. The second-order valence-corrected chi connectivity index (χ2v) is 5.19. The number of rotatable bonds is 5. The predicted molar refractivity (Wildman–Crippen MR) is 74.5 cm³/mol. The topological polar surface area (TPSA) is 12.0 Å². The summed E-state index contributed by atoms with van der Waals surface area (Å²) < 4.78 is 0. The van der Waals surface area contributed by atoms with Gasteiger partial charge in [0.15, 0.2) is 0 Å². The van der Waals surface area contributed by atoms with Gasteiger partial charge in [0.05, 0.1) is 0 Å². The van der Waals surface area contributed by atoms with Crippen molar-refractivity contribution < 1.29 is 0 Å². The molecular weight excluding hydrogens is 206 g/mol. The number of hydrogen-bond acceptors (Lipinski definition) is 1. The Kier molecular flexibility index (Phi) is 4.61. The lowest BCUT2D eigenvalue weighted by Gasteiger charge is -2.29. The molecule has 94 valence electrons. The maximum absolute atomic E-state index is 3.61. The molecule has 1 aromatic rings. The van der Waals surface area contributed by atoms with Crippen LogP contribution in [0.25, 0.3) is 0 Å². The van der Waals surface area contributed by atoms with E-state index in [-0.39, 0.29) is 0 Å². The largest absolute Gasteiger partial charge is 0.314 e. The van der Waals surface area contributed by atoms with Gasteiger partial charge in [-0.1, -0.05) is 38.1 Å². The summed E-state index contributed by atoms with van der Waals surface area (Å²) in [7, 11) is 0. The Hall–Kier alpha value is -0.820. The summed E-state index contributed by atoms with van der Waals surface area (Å²) in [5.41, 5.74) is 3.21. The Balaban J connectivity index is 2.07. The van der Waals surface area contributed by atoms with Crippen molar-refractivity contribution in [3.63, 3.8) is 0 Å². The van der Waals surface area contributed by atoms with Crippen LogP contribution >= 0.6 is 0 Å². The van der Waals surface area contributed by atoms with Crippen LogP contribution in [0.1, 0.15) is 56.6 Å². The molecular formula is C16H25N. The molecule has 2 atom stereocenters. The van der Waals surface area contributed by atoms with Crippen molar-refractivity contribution in [1.29, 1.82) is 0 Å². The molecule has 2 unspecified atom stereocenters. The maximum Gasteiger partial charge on any atom is 0.00701 e. The first-order valence-corrected chi connectivity index (χ1v) is 7.16. The van der Waals surface area contributed by atoms with Crippen molar-refractivity contribution in [3.8, 4) is 0 Å². The summed E-state index contributed by atoms with van der Waals surface area (Å²) in [5, 5.41) is 3.61. The van der Waals surface area contributed by atoms with E-state index in [1.807, 2.05) is 0 Å². The molecule has 0 fully saturated rings. The zero-order chi connectivity index (χ0) is 12.1. The minimum absolute atomic E-state index is 0.691. The quantitative estimate of drug-likeness (QED) is 0.811. The van der Waals surface area contributed by atoms with Gasteiger partial charge < -0.3 is 5.32 Å². The van der Waals surface area contributed by atoms with Crippen LogP contribution in [-0.2, 0) is 6.42 Å². The molecule has 0 amide bonds. The van der Waals surface area contributed by atoms with E-state index in [0.717, 1.165) is 12.5 Å². The number of nitrogens with one attached hydrogen (secondary N) is 1. The highest BCUT2D eigenvalue weighted by Gasteiger charge is 2.22. The van der Waals surface area contributed by atoms with Crippen LogP contribution in [0.3, 0.4) is 0 Å². The molecule has 0 aromatic heterocycles. The van der Waals surface area contributed by atoms with Gasteiger partial charge in [-0.05, 0) is 55.7 Å². The summed E-state index contributed by atoms with van der Waals surface area (Å²) in [6.07, 6.45) is 6.57. The van der Waals surface area contributed by atoms with Gasteiger partial charge in [0.2, 0.25) is 0 Å². The van der Waals surface area contributed by atoms with Gasteiger partial charge in [-0.3, -0.25) is 0 Å². The van der Waals surface area contributed by atoms with E-state index in [1.54, 1.807) is 11.1 Å². The highest BCUT2D eigenvalue weighted by Crippen LogP contribution is 2.34. The molecule has 2 rings (SSSR count). The first-order valence-electron chi connectivity index (χ1n) is 7.16. The SMILES string of the molecule is CCNC(CC)CC1CCCc2ccccc21. The van der Waals surface area contributed by atoms with E-state index < -0.39 is 0 Å². The predicted octanol–water partition coefficient (Wildman–Crippen LogP) is 3.88. The van der Waals surface area contributed by atoms with Gasteiger partial charge in [0.25, 0.3) is 0 Å². The van der Waals surface area contributed by atoms with E-state index in [9.17, 15) is 0 Å². The second kappa shape index (κ2) is 6.20. The molecule has 1 N–H and O–H groups in total. The Bertz CT molecular complexity index is 345. The van der Waals surface area contributed by atoms with E-state index in [0.29, 0.717) is 6.04 Å². The Labute approximate surface area is 106 Å². The lowest BCUT2D eigenvalue weighted by molar-refractivity contribution is 0.408. The summed E-state index contributed by atoms with van der Waals surface area (Å²) in [5.74, 6) is 0.781. The van der Waals surface area contributed by atoms with Gasteiger partial charge >= 0.3 is 0 Å². The average molecular weight is 231 g/mol. The van der Waals surface area contributed by atoms with Crippen LogP contribution in [-0.4, -0.2) is 12.6 Å². The number of aryl methyl sites for hydroxylation is 1. The van der Waals surface area contributed by atoms with Crippen LogP contribution in [0.15, 0.2) is 24.3 Å². The fraction of sp³-hybridized carbons (Fsp3) is 0.625. The molecule has 1 heteroatoms. The molecule has 17 heavy (non-hydrogen) atoms. The summed E-state index contributed by atoms with van der Waals surface area (Å²) >= 11 is 0. The van der Waals surface area contributed by atoms with E-state index in [4.69, 9.17) is 0 Å². The smallest absolute Gasteiger partial charge is 0.00701 e. The van der Waals surface area contributed by atoms with Crippen LogP contribution in [0.5, 0.6) is 0 Å². The normalized spacial score (nSPS) is 20.9. The zero-order valence-electron chi connectivity index (χ0n) is 11.2. The Morgan fingerprint density at radius 1 is 1.29 bits per heavy atom. The molecule has 0 aliphatic heterocycles. The molecule has 0 spiro atoms. The third kappa shape index (κ3) is 3.10. The Morgan fingerprint density at radius 2 is 2.12 bits per heavy atom. The molecule has 0 radical (unpaired) electrons. The highest BCUT2D eigenvalue weighted by molar-refractivity contribution is 5.32. The first kappa shape index (κ1) is 12.6. The third-order valence-electron chi connectivity index (χ3n) is 4.05. The summed E-state index contributed by atoms with van der Waals surface area (Å²) in [4.78, 5) is 0. The van der Waals surface area contributed by atoms with Crippen LogP contribution in [0.2, 0.25) is 0 Å². The van der Waals surface area contributed by atoms with Crippen LogP contribution < -0.4 is 5.32 Å².